The minimum atomic E-state index is -0.243. The van der Waals surface area contributed by atoms with Crippen molar-refractivity contribution in [3.63, 3.8) is 0 Å². The van der Waals surface area contributed by atoms with Gasteiger partial charge in [0.2, 0.25) is 11.8 Å². The zero-order valence-electron chi connectivity index (χ0n) is 15.4. The van der Waals surface area contributed by atoms with E-state index in [-0.39, 0.29) is 23.6 Å². The van der Waals surface area contributed by atoms with Crippen LogP contribution in [0.15, 0.2) is 24.3 Å². The van der Waals surface area contributed by atoms with E-state index in [1.165, 1.54) is 31.4 Å². The van der Waals surface area contributed by atoms with Crippen molar-refractivity contribution in [1.29, 1.82) is 0 Å². The van der Waals surface area contributed by atoms with Crippen molar-refractivity contribution >= 4 is 11.8 Å². The van der Waals surface area contributed by atoms with Gasteiger partial charge in [-0.3, -0.25) is 9.59 Å². The Morgan fingerprint density at radius 2 is 1.62 bits per heavy atom. The van der Waals surface area contributed by atoms with Gasteiger partial charge in [-0.15, -0.1) is 0 Å². The van der Waals surface area contributed by atoms with Gasteiger partial charge in [0, 0.05) is 31.5 Å². The third kappa shape index (κ3) is 5.05. The van der Waals surface area contributed by atoms with Gasteiger partial charge in [-0.25, -0.2) is 4.39 Å². The lowest BCUT2D eigenvalue weighted by Gasteiger charge is -2.34. The maximum Gasteiger partial charge on any atom is 0.225 e. The van der Waals surface area contributed by atoms with Crippen LogP contribution in [0.4, 0.5) is 4.39 Å². The number of hydrogen-bond acceptors (Lipinski definition) is 2. The summed E-state index contributed by atoms with van der Waals surface area (Å²) in [5, 5.41) is 2.99. The Kier molecular flexibility index (Phi) is 6.64. The van der Waals surface area contributed by atoms with Gasteiger partial charge in [-0.1, -0.05) is 31.4 Å². The fourth-order valence-electron chi connectivity index (χ4n) is 4.10. The molecule has 26 heavy (non-hydrogen) atoms. The zero-order chi connectivity index (χ0) is 18.4. The molecule has 1 aromatic carbocycles. The first kappa shape index (κ1) is 18.9. The first-order valence-electron chi connectivity index (χ1n) is 9.94. The number of hydrogen-bond donors (Lipinski definition) is 1. The summed E-state index contributed by atoms with van der Waals surface area (Å²) in [5.41, 5.74) is 1.01. The van der Waals surface area contributed by atoms with E-state index in [4.69, 9.17) is 0 Å². The van der Waals surface area contributed by atoms with Gasteiger partial charge in [-0.05, 0) is 49.8 Å². The van der Waals surface area contributed by atoms with Crippen LogP contribution in [-0.2, 0) is 16.0 Å². The van der Waals surface area contributed by atoms with E-state index in [0.29, 0.717) is 32.0 Å². The number of piperidine rings is 1. The lowest BCUT2D eigenvalue weighted by Crippen LogP contribution is -2.45. The van der Waals surface area contributed by atoms with E-state index in [0.717, 1.165) is 31.2 Å². The first-order chi connectivity index (χ1) is 12.6. The number of nitrogens with zero attached hydrogens (tertiary/aromatic N) is 1. The molecule has 2 amide bonds. The van der Waals surface area contributed by atoms with Crippen molar-refractivity contribution in [2.75, 3.05) is 19.6 Å². The Bertz CT molecular complexity index is 603. The molecule has 1 heterocycles. The average Bonchev–Trinajstić information content (AvgIpc) is 2.69. The lowest BCUT2D eigenvalue weighted by atomic mass is 9.87. The summed E-state index contributed by atoms with van der Waals surface area (Å²) in [6.07, 6.45) is 7.86. The molecule has 1 N–H and O–H groups in total. The third-order valence-electron chi connectivity index (χ3n) is 5.76. The highest BCUT2D eigenvalue weighted by Crippen LogP contribution is 2.27. The number of likely N-dealkylation sites (tertiary alicyclic amines) is 1. The number of carbonyl (C=O) groups is 2. The smallest absolute Gasteiger partial charge is 0.225 e. The van der Waals surface area contributed by atoms with Gasteiger partial charge in [0.15, 0.2) is 0 Å². The van der Waals surface area contributed by atoms with Crippen molar-refractivity contribution in [3.05, 3.63) is 35.6 Å². The molecule has 0 unspecified atom stereocenters. The summed E-state index contributed by atoms with van der Waals surface area (Å²) in [6.45, 7) is 1.96. The van der Waals surface area contributed by atoms with Gasteiger partial charge in [-0.2, -0.15) is 0 Å². The van der Waals surface area contributed by atoms with Crippen LogP contribution < -0.4 is 5.32 Å². The van der Waals surface area contributed by atoms with Crippen LogP contribution in [0.5, 0.6) is 0 Å². The second-order valence-corrected chi connectivity index (χ2v) is 7.60. The maximum atomic E-state index is 12.9. The van der Waals surface area contributed by atoms with Gasteiger partial charge >= 0.3 is 0 Å². The number of halogens is 1. The molecule has 0 aromatic heterocycles. The van der Waals surface area contributed by atoms with Gasteiger partial charge < -0.3 is 10.2 Å². The number of benzene rings is 1. The number of rotatable bonds is 5. The van der Waals surface area contributed by atoms with Crippen molar-refractivity contribution in [2.45, 2.75) is 51.4 Å². The van der Waals surface area contributed by atoms with Crippen molar-refractivity contribution in [2.24, 2.45) is 11.8 Å². The topological polar surface area (TPSA) is 49.4 Å². The SMILES string of the molecule is O=C(NCCc1ccc(F)cc1)C1CCN(C(=O)C2CCCCC2)CC1. The minimum Gasteiger partial charge on any atom is -0.356 e. The molecule has 4 nitrogen and oxygen atoms in total. The molecule has 1 saturated carbocycles. The molecule has 0 atom stereocenters. The van der Waals surface area contributed by atoms with E-state index in [1.807, 2.05) is 4.90 Å². The Balaban J connectivity index is 1.37. The van der Waals surface area contributed by atoms with Crippen LogP contribution in [-0.4, -0.2) is 36.3 Å². The molecule has 1 aliphatic carbocycles. The van der Waals surface area contributed by atoms with E-state index in [9.17, 15) is 14.0 Å². The molecule has 2 fully saturated rings. The Labute approximate surface area is 155 Å². The molecule has 142 valence electrons. The minimum absolute atomic E-state index is 0.00127. The lowest BCUT2D eigenvalue weighted by molar-refractivity contribution is -0.140. The van der Waals surface area contributed by atoms with Gasteiger partial charge in [0.05, 0.1) is 0 Å². The molecule has 0 radical (unpaired) electrons. The van der Waals surface area contributed by atoms with Crippen molar-refractivity contribution < 1.29 is 14.0 Å². The quantitative estimate of drug-likeness (QED) is 0.876. The second kappa shape index (κ2) is 9.15. The largest absolute Gasteiger partial charge is 0.356 e. The molecule has 0 bridgehead atoms. The van der Waals surface area contributed by atoms with E-state index in [2.05, 4.69) is 5.32 Å². The predicted molar refractivity (Wildman–Crippen MR) is 99.0 cm³/mol. The highest BCUT2D eigenvalue weighted by atomic mass is 19.1. The molecule has 5 heteroatoms. The molecule has 2 aliphatic rings. The number of amides is 2. The van der Waals surface area contributed by atoms with Crippen LogP contribution in [0.2, 0.25) is 0 Å². The van der Waals surface area contributed by atoms with Crippen LogP contribution >= 0.6 is 0 Å². The molecule has 1 aromatic rings. The van der Waals surface area contributed by atoms with Crippen molar-refractivity contribution in [1.82, 2.24) is 10.2 Å². The third-order valence-corrected chi connectivity index (χ3v) is 5.76. The van der Waals surface area contributed by atoms with Crippen LogP contribution in [0.3, 0.4) is 0 Å². The first-order valence-corrected chi connectivity index (χ1v) is 9.94. The van der Waals surface area contributed by atoms with Gasteiger partial charge in [0.25, 0.3) is 0 Å². The normalized spacial score (nSPS) is 19.3. The Morgan fingerprint density at radius 1 is 0.962 bits per heavy atom. The molecule has 0 spiro atoms. The highest BCUT2D eigenvalue weighted by molar-refractivity contribution is 5.81. The number of nitrogens with one attached hydrogen (secondary N) is 1. The molecule has 1 aliphatic heterocycles. The molecule has 1 saturated heterocycles. The summed E-state index contributed by atoms with van der Waals surface area (Å²) in [6, 6.07) is 6.38. The Hall–Kier alpha value is -1.91. The Morgan fingerprint density at radius 3 is 2.27 bits per heavy atom. The van der Waals surface area contributed by atoms with Crippen LogP contribution in [0.1, 0.15) is 50.5 Å². The summed E-state index contributed by atoms with van der Waals surface area (Å²) in [7, 11) is 0. The number of carbonyl (C=O) groups excluding carboxylic acids is 2. The van der Waals surface area contributed by atoms with Crippen LogP contribution in [0.25, 0.3) is 0 Å². The maximum absolute atomic E-state index is 12.9. The molecule has 3 rings (SSSR count). The van der Waals surface area contributed by atoms with E-state index < -0.39 is 0 Å². The highest BCUT2D eigenvalue weighted by Gasteiger charge is 2.31. The molecular formula is C21H29FN2O2. The summed E-state index contributed by atoms with van der Waals surface area (Å²) in [4.78, 5) is 26.9. The van der Waals surface area contributed by atoms with E-state index in [1.54, 1.807) is 12.1 Å². The second-order valence-electron chi connectivity index (χ2n) is 7.60. The standard InChI is InChI=1S/C21H29FN2O2/c22-19-8-6-16(7-9-19)10-13-23-20(25)17-11-14-24(15-12-17)21(26)18-4-2-1-3-5-18/h6-9,17-18H,1-5,10-15H2,(H,23,25). The van der Waals surface area contributed by atoms with Crippen molar-refractivity contribution in [3.8, 4) is 0 Å². The van der Waals surface area contributed by atoms with Gasteiger partial charge in [0.1, 0.15) is 5.82 Å². The van der Waals surface area contributed by atoms with E-state index >= 15 is 0 Å². The zero-order valence-corrected chi connectivity index (χ0v) is 15.4. The van der Waals surface area contributed by atoms with Crippen LogP contribution in [0, 0.1) is 17.7 Å². The fraction of sp³-hybridized carbons (Fsp3) is 0.619. The summed E-state index contributed by atoms with van der Waals surface area (Å²) >= 11 is 0. The fourth-order valence-corrected chi connectivity index (χ4v) is 4.10. The predicted octanol–water partition coefficient (Wildman–Crippen LogP) is 3.30. The molecular weight excluding hydrogens is 331 g/mol. The monoisotopic (exact) mass is 360 g/mol. The average molecular weight is 360 g/mol. The summed E-state index contributed by atoms with van der Waals surface area (Å²) in [5.74, 6) is 0.354. The summed E-state index contributed by atoms with van der Waals surface area (Å²) < 4.78 is 12.9.